The van der Waals surface area contributed by atoms with E-state index in [9.17, 15) is 0 Å². The zero-order valence-corrected chi connectivity index (χ0v) is 12.2. The van der Waals surface area contributed by atoms with Crippen LogP contribution in [0.5, 0.6) is 0 Å². The largest absolute Gasteiger partial charge is 0.357 e. The summed E-state index contributed by atoms with van der Waals surface area (Å²) in [7, 11) is 2.01. The van der Waals surface area contributed by atoms with E-state index in [1.54, 1.807) is 0 Å². The van der Waals surface area contributed by atoms with Gasteiger partial charge in [0.15, 0.2) is 0 Å². The van der Waals surface area contributed by atoms with Gasteiger partial charge in [-0.25, -0.2) is 0 Å². The molecule has 3 heteroatoms. The second-order valence-corrected chi connectivity index (χ2v) is 5.34. The summed E-state index contributed by atoms with van der Waals surface area (Å²) in [6.45, 7) is 2.03. The minimum absolute atomic E-state index is 0.742. The van der Waals surface area contributed by atoms with Crippen molar-refractivity contribution in [2.75, 3.05) is 7.05 Å². The van der Waals surface area contributed by atoms with Crippen LogP contribution in [0, 0.1) is 0 Å². The molecule has 1 aromatic carbocycles. The van der Waals surface area contributed by atoms with E-state index < -0.39 is 0 Å². The first-order chi connectivity index (χ1) is 9.63. The van der Waals surface area contributed by atoms with E-state index in [0.717, 1.165) is 27.6 Å². The minimum atomic E-state index is 0.742. The summed E-state index contributed by atoms with van der Waals surface area (Å²) in [5, 5.41) is 0.742. The third-order valence-electron chi connectivity index (χ3n) is 3.37. The monoisotopic (exact) mass is 282 g/mol. The standard InChI is InChI=1S/C17H15ClN2/c1-12-15(5-3-13-7-9-20(2)10-8-13)16-11-14(18)4-6-17(16)19-12/h3-11H,1-2H3/b15-5+. The predicted octanol–water partition coefficient (Wildman–Crippen LogP) is 4.73. The van der Waals surface area contributed by atoms with E-state index in [4.69, 9.17) is 11.6 Å². The molecule has 0 saturated heterocycles. The Balaban J connectivity index is 1.96. The van der Waals surface area contributed by atoms with Crippen LogP contribution in [0.1, 0.15) is 12.5 Å². The fraction of sp³-hybridized carbons (Fsp3) is 0.118. The van der Waals surface area contributed by atoms with Crippen LogP contribution >= 0.6 is 11.6 Å². The fourth-order valence-electron chi connectivity index (χ4n) is 2.27. The molecule has 2 aliphatic heterocycles. The van der Waals surface area contributed by atoms with Gasteiger partial charge >= 0.3 is 0 Å². The van der Waals surface area contributed by atoms with Gasteiger partial charge in [0.05, 0.1) is 5.69 Å². The van der Waals surface area contributed by atoms with Crippen LogP contribution in [0.4, 0.5) is 5.69 Å². The minimum Gasteiger partial charge on any atom is -0.357 e. The maximum Gasteiger partial charge on any atom is 0.0713 e. The van der Waals surface area contributed by atoms with Crippen molar-refractivity contribution in [3.8, 4) is 0 Å². The number of hydrogen-bond acceptors (Lipinski definition) is 2. The molecule has 0 atom stereocenters. The van der Waals surface area contributed by atoms with E-state index in [-0.39, 0.29) is 0 Å². The van der Waals surface area contributed by atoms with Crippen LogP contribution in [-0.2, 0) is 0 Å². The molecule has 0 fully saturated rings. The van der Waals surface area contributed by atoms with Crippen molar-refractivity contribution < 1.29 is 0 Å². The first-order valence-corrected chi connectivity index (χ1v) is 6.87. The lowest BCUT2D eigenvalue weighted by molar-refractivity contribution is 0.620. The Morgan fingerprint density at radius 3 is 2.65 bits per heavy atom. The Morgan fingerprint density at radius 2 is 1.90 bits per heavy atom. The fourth-order valence-corrected chi connectivity index (χ4v) is 2.44. The quantitative estimate of drug-likeness (QED) is 0.727. The van der Waals surface area contributed by atoms with Crippen molar-refractivity contribution >= 4 is 28.6 Å². The van der Waals surface area contributed by atoms with Gasteiger partial charge in [-0.3, -0.25) is 4.99 Å². The molecule has 100 valence electrons. The number of rotatable bonds is 1. The zero-order chi connectivity index (χ0) is 14.1. The average Bonchev–Trinajstić information content (AvgIpc) is 2.73. The Hall–Kier alpha value is -2.06. The highest BCUT2D eigenvalue weighted by atomic mass is 35.5. The third-order valence-corrected chi connectivity index (χ3v) is 3.61. The Bertz CT molecular complexity index is 690. The van der Waals surface area contributed by atoms with Gasteiger partial charge in [0.25, 0.3) is 0 Å². The van der Waals surface area contributed by atoms with E-state index in [2.05, 4.69) is 29.3 Å². The molecular weight excluding hydrogens is 268 g/mol. The maximum absolute atomic E-state index is 6.08. The molecule has 0 bridgehead atoms. The van der Waals surface area contributed by atoms with Gasteiger partial charge in [0.1, 0.15) is 0 Å². The molecule has 0 aromatic heterocycles. The average molecular weight is 283 g/mol. The van der Waals surface area contributed by atoms with Crippen LogP contribution < -0.4 is 0 Å². The van der Waals surface area contributed by atoms with Gasteiger partial charge in [0, 0.05) is 41.3 Å². The van der Waals surface area contributed by atoms with E-state index in [1.807, 2.05) is 49.5 Å². The molecule has 20 heavy (non-hydrogen) atoms. The summed E-state index contributed by atoms with van der Waals surface area (Å²) in [4.78, 5) is 6.58. The normalized spacial score (nSPS) is 18.6. The summed E-state index contributed by atoms with van der Waals surface area (Å²) < 4.78 is 0. The number of halogens is 1. The number of allylic oxidation sites excluding steroid dienone is 6. The van der Waals surface area contributed by atoms with Gasteiger partial charge in [-0.1, -0.05) is 23.8 Å². The second-order valence-electron chi connectivity index (χ2n) is 4.90. The van der Waals surface area contributed by atoms with E-state index >= 15 is 0 Å². The molecule has 0 amide bonds. The molecule has 3 rings (SSSR count). The Labute approximate surface area is 124 Å². The molecule has 0 unspecified atom stereocenters. The number of fused-ring (bicyclic) bond motifs is 1. The van der Waals surface area contributed by atoms with E-state index in [1.165, 1.54) is 5.57 Å². The maximum atomic E-state index is 6.08. The van der Waals surface area contributed by atoms with Gasteiger partial charge in [-0.05, 0) is 42.8 Å². The lowest BCUT2D eigenvalue weighted by atomic mass is 10.0. The smallest absolute Gasteiger partial charge is 0.0713 e. The van der Waals surface area contributed by atoms with Crippen LogP contribution in [0.25, 0.3) is 5.57 Å². The van der Waals surface area contributed by atoms with Crippen LogP contribution in [0.3, 0.4) is 0 Å². The van der Waals surface area contributed by atoms with Crippen molar-refractivity contribution in [1.82, 2.24) is 4.90 Å². The third kappa shape index (κ3) is 2.47. The van der Waals surface area contributed by atoms with Crippen molar-refractivity contribution in [3.05, 3.63) is 71.1 Å². The predicted molar refractivity (Wildman–Crippen MR) is 86.3 cm³/mol. The lowest BCUT2D eigenvalue weighted by Crippen LogP contribution is -2.02. The summed E-state index contributed by atoms with van der Waals surface area (Å²) in [6, 6.07) is 5.81. The van der Waals surface area contributed by atoms with Crippen molar-refractivity contribution in [1.29, 1.82) is 0 Å². The van der Waals surface area contributed by atoms with Gasteiger partial charge in [-0.15, -0.1) is 0 Å². The zero-order valence-electron chi connectivity index (χ0n) is 11.5. The second kappa shape index (κ2) is 5.14. The molecule has 2 nitrogen and oxygen atoms in total. The Kier molecular flexibility index (Phi) is 3.33. The summed E-state index contributed by atoms with van der Waals surface area (Å²) >= 11 is 6.08. The van der Waals surface area contributed by atoms with Crippen molar-refractivity contribution in [2.45, 2.75) is 6.92 Å². The summed E-state index contributed by atoms with van der Waals surface area (Å²) in [5.41, 5.74) is 5.42. The molecule has 0 spiro atoms. The molecular formula is C17H15ClN2. The highest BCUT2D eigenvalue weighted by Gasteiger charge is 2.17. The summed E-state index contributed by atoms with van der Waals surface area (Å²) in [5.74, 6) is 0. The first-order valence-electron chi connectivity index (χ1n) is 6.49. The van der Waals surface area contributed by atoms with Crippen molar-refractivity contribution in [2.24, 2.45) is 4.99 Å². The van der Waals surface area contributed by atoms with Crippen molar-refractivity contribution in [3.63, 3.8) is 0 Å². The van der Waals surface area contributed by atoms with Crippen LogP contribution in [0.2, 0.25) is 5.02 Å². The van der Waals surface area contributed by atoms with Gasteiger partial charge in [0.2, 0.25) is 0 Å². The first kappa shape index (κ1) is 12.9. The number of hydrogen-bond donors (Lipinski definition) is 0. The molecule has 0 saturated carbocycles. The molecule has 1 aromatic rings. The highest BCUT2D eigenvalue weighted by molar-refractivity contribution is 6.33. The molecule has 2 heterocycles. The summed E-state index contributed by atoms with van der Waals surface area (Å²) in [6.07, 6.45) is 12.4. The van der Waals surface area contributed by atoms with Gasteiger partial charge in [-0.2, -0.15) is 0 Å². The van der Waals surface area contributed by atoms with E-state index in [0.29, 0.717) is 0 Å². The van der Waals surface area contributed by atoms with Crippen LogP contribution in [-0.4, -0.2) is 17.7 Å². The lowest BCUT2D eigenvalue weighted by Gasteiger charge is -2.11. The number of nitrogens with zero attached hydrogens (tertiary/aromatic N) is 2. The SMILES string of the molecule is CC1=Nc2ccc(Cl)cc2/C1=C/C=C1C=CN(C)C=C1. The van der Waals surface area contributed by atoms with Gasteiger partial charge < -0.3 is 4.90 Å². The number of benzene rings is 1. The molecule has 2 aliphatic rings. The number of aliphatic imine (C=N–C) groups is 1. The van der Waals surface area contributed by atoms with Crippen LogP contribution in [0.15, 0.2) is 65.5 Å². The Morgan fingerprint density at radius 1 is 1.15 bits per heavy atom. The molecule has 0 aliphatic carbocycles. The topological polar surface area (TPSA) is 15.6 Å². The molecule has 0 radical (unpaired) electrons. The highest BCUT2D eigenvalue weighted by Crippen LogP contribution is 2.36. The molecule has 0 N–H and O–H groups in total.